The summed E-state index contributed by atoms with van der Waals surface area (Å²) in [5, 5.41) is 14.1. The SMILES string of the molecule is CCNCc1nnc(NCCC(C)S(C)=O)o1. The summed E-state index contributed by atoms with van der Waals surface area (Å²) in [6, 6.07) is 0.423. The van der Waals surface area contributed by atoms with E-state index in [4.69, 9.17) is 4.42 Å². The van der Waals surface area contributed by atoms with Crippen molar-refractivity contribution in [1.29, 1.82) is 0 Å². The van der Waals surface area contributed by atoms with Gasteiger partial charge in [-0.1, -0.05) is 18.9 Å². The molecule has 98 valence electrons. The zero-order valence-corrected chi connectivity index (χ0v) is 11.3. The maximum absolute atomic E-state index is 11.1. The molecule has 0 aliphatic carbocycles. The fourth-order valence-electron chi connectivity index (χ4n) is 1.18. The van der Waals surface area contributed by atoms with Crippen LogP contribution in [0.1, 0.15) is 26.2 Å². The van der Waals surface area contributed by atoms with Crippen LogP contribution in [-0.2, 0) is 17.3 Å². The van der Waals surface area contributed by atoms with E-state index in [2.05, 4.69) is 20.8 Å². The molecule has 2 atom stereocenters. The molecule has 1 rings (SSSR count). The number of rotatable bonds is 8. The van der Waals surface area contributed by atoms with Gasteiger partial charge in [-0.3, -0.25) is 4.21 Å². The summed E-state index contributed by atoms with van der Waals surface area (Å²) < 4.78 is 16.5. The first-order chi connectivity index (χ1) is 8.13. The van der Waals surface area contributed by atoms with Crippen molar-refractivity contribution < 1.29 is 8.63 Å². The van der Waals surface area contributed by atoms with Gasteiger partial charge in [-0.25, -0.2) is 0 Å². The van der Waals surface area contributed by atoms with Crippen molar-refractivity contribution in [2.24, 2.45) is 0 Å². The van der Waals surface area contributed by atoms with E-state index in [-0.39, 0.29) is 5.25 Å². The third kappa shape index (κ3) is 5.27. The Hall–Kier alpha value is -0.950. The number of nitrogens with zero attached hydrogens (tertiary/aromatic N) is 2. The van der Waals surface area contributed by atoms with Gasteiger partial charge in [0, 0.05) is 28.9 Å². The monoisotopic (exact) mass is 260 g/mol. The quantitative estimate of drug-likeness (QED) is 0.718. The van der Waals surface area contributed by atoms with Crippen molar-refractivity contribution in [2.45, 2.75) is 32.1 Å². The average molecular weight is 260 g/mol. The molecule has 1 heterocycles. The van der Waals surface area contributed by atoms with E-state index in [1.165, 1.54) is 0 Å². The number of anilines is 1. The topological polar surface area (TPSA) is 80.0 Å². The van der Waals surface area contributed by atoms with Gasteiger partial charge in [-0.15, -0.1) is 5.10 Å². The highest BCUT2D eigenvalue weighted by atomic mass is 32.2. The van der Waals surface area contributed by atoms with Crippen LogP contribution in [0, 0.1) is 0 Å². The maximum atomic E-state index is 11.1. The summed E-state index contributed by atoms with van der Waals surface area (Å²) in [5.41, 5.74) is 0. The largest absolute Gasteiger partial charge is 0.407 e. The van der Waals surface area contributed by atoms with E-state index in [1.54, 1.807) is 6.26 Å². The molecular formula is C10H20N4O2S. The number of hydrogen-bond donors (Lipinski definition) is 2. The third-order valence-electron chi connectivity index (χ3n) is 2.39. The van der Waals surface area contributed by atoms with Gasteiger partial charge >= 0.3 is 6.01 Å². The van der Waals surface area contributed by atoms with Crippen molar-refractivity contribution in [3.63, 3.8) is 0 Å². The molecule has 0 amide bonds. The lowest BCUT2D eigenvalue weighted by atomic mass is 10.3. The Labute approximate surface area is 104 Å². The second-order valence-electron chi connectivity index (χ2n) is 3.81. The summed E-state index contributed by atoms with van der Waals surface area (Å²) >= 11 is 0. The molecule has 2 N–H and O–H groups in total. The van der Waals surface area contributed by atoms with Crippen LogP contribution in [0.4, 0.5) is 6.01 Å². The van der Waals surface area contributed by atoms with Gasteiger partial charge in [-0.05, 0) is 13.0 Å². The lowest BCUT2D eigenvalue weighted by Gasteiger charge is -2.07. The van der Waals surface area contributed by atoms with Crippen molar-refractivity contribution in [3.05, 3.63) is 5.89 Å². The van der Waals surface area contributed by atoms with E-state index in [9.17, 15) is 4.21 Å². The average Bonchev–Trinajstić information content (AvgIpc) is 2.74. The Morgan fingerprint density at radius 2 is 2.24 bits per heavy atom. The van der Waals surface area contributed by atoms with Crippen LogP contribution in [-0.4, -0.2) is 39.0 Å². The molecule has 0 fully saturated rings. The number of hydrogen-bond acceptors (Lipinski definition) is 6. The highest BCUT2D eigenvalue weighted by molar-refractivity contribution is 7.84. The zero-order chi connectivity index (χ0) is 12.7. The van der Waals surface area contributed by atoms with Gasteiger partial charge < -0.3 is 15.1 Å². The molecule has 0 saturated carbocycles. The predicted octanol–water partition coefficient (Wildman–Crippen LogP) is 0.748. The van der Waals surface area contributed by atoms with E-state index in [0.29, 0.717) is 25.0 Å². The third-order valence-corrected chi connectivity index (χ3v) is 3.76. The zero-order valence-electron chi connectivity index (χ0n) is 10.5. The standard InChI is InChI=1S/C10H20N4O2S/c1-4-11-7-9-13-14-10(16-9)12-6-5-8(2)17(3)15/h8,11H,4-7H2,1-3H3,(H,12,14). The molecule has 2 unspecified atom stereocenters. The van der Waals surface area contributed by atoms with Crippen molar-refractivity contribution >= 4 is 16.8 Å². The molecule has 0 saturated heterocycles. The van der Waals surface area contributed by atoms with Crippen LogP contribution in [0.25, 0.3) is 0 Å². The number of aromatic nitrogens is 2. The first-order valence-electron chi connectivity index (χ1n) is 5.72. The van der Waals surface area contributed by atoms with Crippen LogP contribution in [0.15, 0.2) is 4.42 Å². The maximum Gasteiger partial charge on any atom is 0.315 e. The molecule has 0 radical (unpaired) electrons. The molecular weight excluding hydrogens is 240 g/mol. The fraction of sp³-hybridized carbons (Fsp3) is 0.800. The molecule has 0 aliphatic rings. The first-order valence-corrected chi connectivity index (χ1v) is 7.34. The normalized spacial score (nSPS) is 14.5. The highest BCUT2D eigenvalue weighted by Crippen LogP contribution is 2.06. The minimum atomic E-state index is -0.784. The van der Waals surface area contributed by atoms with Crippen molar-refractivity contribution in [3.8, 4) is 0 Å². The fourth-order valence-corrected chi connectivity index (χ4v) is 1.63. The molecule has 7 heteroatoms. The van der Waals surface area contributed by atoms with Crippen LogP contribution < -0.4 is 10.6 Å². The second kappa shape index (κ2) is 7.39. The minimum absolute atomic E-state index is 0.173. The summed E-state index contributed by atoms with van der Waals surface area (Å²) in [5.74, 6) is 0.571. The number of nitrogens with one attached hydrogen (secondary N) is 2. The smallest absolute Gasteiger partial charge is 0.315 e. The van der Waals surface area contributed by atoms with Gasteiger partial charge in [-0.2, -0.15) is 0 Å². The Bertz CT molecular complexity index is 356. The van der Waals surface area contributed by atoms with Gasteiger partial charge in [0.25, 0.3) is 0 Å². The summed E-state index contributed by atoms with van der Waals surface area (Å²) in [6.07, 6.45) is 2.53. The van der Waals surface area contributed by atoms with Gasteiger partial charge in [0.15, 0.2) is 0 Å². The van der Waals surface area contributed by atoms with E-state index < -0.39 is 10.8 Å². The van der Waals surface area contributed by atoms with Gasteiger partial charge in [0.2, 0.25) is 5.89 Å². The predicted molar refractivity (Wildman–Crippen MR) is 68.3 cm³/mol. The van der Waals surface area contributed by atoms with E-state index in [0.717, 1.165) is 13.0 Å². The van der Waals surface area contributed by atoms with Crippen molar-refractivity contribution in [1.82, 2.24) is 15.5 Å². The van der Waals surface area contributed by atoms with Crippen LogP contribution in [0.2, 0.25) is 0 Å². The Kier molecular flexibility index (Phi) is 6.13. The Balaban J connectivity index is 2.27. The highest BCUT2D eigenvalue weighted by Gasteiger charge is 2.08. The van der Waals surface area contributed by atoms with Crippen LogP contribution in [0.3, 0.4) is 0 Å². The van der Waals surface area contributed by atoms with E-state index >= 15 is 0 Å². The molecule has 6 nitrogen and oxygen atoms in total. The van der Waals surface area contributed by atoms with Crippen LogP contribution >= 0.6 is 0 Å². The van der Waals surface area contributed by atoms with Crippen LogP contribution in [0.5, 0.6) is 0 Å². The first kappa shape index (κ1) is 14.1. The minimum Gasteiger partial charge on any atom is -0.407 e. The lowest BCUT2D eigenvalue weighted by Crippen LogP contribution is -2.14. The molecule has 17 heavy (non-hydrogen) atoms. The Morgan fingerprint density at radius 1 is 1.47 bits per heavy atom. The molecule has 1 aromatic rings. The van der Waals surface area contributed by atoms with Gasteiger partial charge in [0.05, 0.1) is 6.54 Å². The summed E-state index contributed by atoms with van der Waals surface area (Å²) in [4.78, 5) is 0. The summed E-state index contributed by atoms with van der Waals surface area (Å²) in [7, 11) is -0.784. The van der Waals surface area contributed by atoms with Crippen molar-refractivity contribution in [2.75, 3.05) is 24.7 Å². The second-order valence-corrected chi connectivity index (χ2v) is 5.61. The molecule has 0 bridgehead atoms. The van der Waals surface area contributed by atoms with Gasteiger partial charge in [0.1, 0.15) is 0 Å². The molecule has 1 aromatic heterocycles. The summed E-state index contributed by atoms with van der Waals surface area (Å²) in [6.45, 7) is 6.11. The lowest BCUT2D eigenvalue weighted by molar-refractivity contribution is 0.481. The Morgan fingerprint density at radius 3 is 2.88 bits per heavy atom. The molecule has 0 spiro atoms. The van der Waals surface area contributed by atoms with E-state index in [1.807, 2.05) is 13.8 Å². The molecule has 0 aliphatic heterocycles. The molecule has 0 aromatic carbocycles.